The molecule has 0 unspecified atom stereocenters. The van der Waals surface area contributed by atoms with Gasteiger partial charge in [0.05, 0.1) is 17.6 Å². The van der Waals surface area contributed by atoms with Crippen molar-refractivity contribution in [3.05, 3.63) is 42.0 Å². The number of hydrogen-bond donors (Lipinski definition) is 3. The van der Waals surface area contributed by atoms with E-state index in [1.54, 1.807) is 0 Å². The van der Waals surface area contributed by atoms with E-state index in [9.17, 15) is 14.0 Å². The zero-order chi connectivity index (χ0) is 15.4. The van der Waals surface area contributed by atoms with Crippen molar-refractivity contribution >= 4 is 23.2 Å². The van der Waals surface area contributed by atoms with Crippen molar-refractivity contribution in [3.8, 4) is 0 Å². The lowest BCUT2D eigenvalue weighted by Gasteiger charge is -2.04. The molecule has 4 N–H and O–H groups in total. The Morgan fingerprint density at radius 2 is 2.19 bits per heavy atom. The minimum absolute atomic E-state index is 0.0232. The van der Waals surface area contributed by atoms with Gasteiger partial charge in [-0.3, -0.25) is 14.3 Å². The van der Waals surface area contributed by atoms with Gasteiger partial charge in [-0.1, -0.05) is 0 Å². The van der Waals surface area contributed by atoms with Crippen molar-refractivity contribution in [1.29, 1.82) is 0 Å². The van der Waals surface area contributed by atoms with Crippen LogP contribution in [0.4, 0.5) is 15.8 Å². The summed E-state index contributed by atoms with van der Waals surface area (Å²) in [5.41, 5.74) is 5.87. The zero-order valence-corrected chi connectivity index (χ0v) is 11.3. The van der Waals surface area contributed by atoms with Gasteiger partial charge in [0.2, 0.25) is 5.91 Å². The first kappa shape index (κ1) is 14.5. The Labute approximate surface area is 119 Å². The number of aromatic nitrogens is 2. The summed E-state index contributed by atoms with van der Waals surface area (Å²) in [5, 5.41) is 8.94. The Bertz CT molecular complexity index is 683. The number of nitrogen functional groups attached to an aromatic ring is 1. The molecule has 0 aliphatic rings. The van der Waals surface area contributed by atoms with Gasteiger partial charge in [0.1, 0.15) is 12.4 Å². The maximum Gasteiger partial charge on any atom is 0.255 e. The lowest BCUT2D eigenvalue weighted by atomic mass is 10.2. The van der Waals surface area contributed by atoms with Crippen molar-refractivity contribution in [2.24, 2.45) is 0 Å². The Balaban J connectivity index is 2.05. The molecule has 0 bridgehead atoms. The lowest BCUT2D eigenvalue weighted by Crippen LogP contribution is -2.23. The van der Waals surface area contributed by atoms with Crippen LogP contribution in [-0.4, -0.2) is 28.6 Å². The molecule has 0 atom stereocenters. The van der Waals surface area contributed by atoms with E-state index in [0.717, 1.165) is 6.07 Å². The molecular weight excluding hydrogens is 277 g/mol. The quantitative estimate of drug-likeness (QED) is 0.718. The van der Waals surface area contributed by atoms with Crippen LogP contribution >= 0.6 is 0 Å². The van der Waals surface area contributed by atoms with Crippen LogP contribution in [0.5, 0.6) is 0 Å². The smallest absolute Gasteiger partial charge is 0.255 e. The first-order valence-electron chi connectivity index (χ1n) is 6.09. The van der Waals surface area contributed by atoms with Gasteiger partial charge >= 0.3 is 0 Å². The lowest BCUT2D eigenvalue weighted by molar-refractivity contribution is -0.121. The number of amides is 2. The van der Waals surface area contributed by atoms with Crippen molar-refractivity contribution < 1.29 is 14.0 Å². The average molecular weight is 291 g/mol. The van der Waals surface area contributed by atoms with Crippen LogP contribution in [0.25, 0.3) is 0 Å². The van der Waals surface area contributed by atoms with Gasteiger partial charge in [-0.2, -0.15) is 5.10 Å². The number of nitrogens with zero attached hydrogens (tertiary/aromatic N) is 2. The Kier molecular flexibility index (Phi) is 4.17. The molecule has 1 aromatic heterocycles. The number of rotatable bonds is 4. The van der Waals surface area contributed by atoms with Crippen molar-refractivity contribution in [2.75, 3.05) is 18.1 Å². The van der Waals surface area contributed by atoms with Gasteiger partial charge < -0.3 is 16.4 Å². The maximum atomic E-state index is 13.3. The fourth-order valence-corrected chi connectivity index (χ4v) is 1.61. The van der Waals surface area contributed by atoms with E-state index in [0.29, 0.717) is 5.69 Å². The van der Waals surface area contributed by atoms with Crippen LogP contribution < -0.4 is 16.4 Å². The van der Waals surface area contributed by atoms with Gasteiger partial charge in [-0.15, -0.1) is 0 Å². The summed E-state index contributed by atoms with van der Waals surface area (Å²) in [6.07, 6.45) is 2.90. The highest BCUT2D eigenvalue weighted by Gasteiger charge is 2.10. The predicted octanol–water partition coefficient (Wildman–Crippen LogP) is 0.603. The monoisotopic (exact) mass is 291 g/mol. The third-order valence-corrected chi connectivity index (χ3v) is 2.74. The molecule has 2 rings (SSSR count). The summed E-state index contributed by atoms with van der Waals surface area (Å²) >= 11 is 0. The van der Waals surface area contributed by atoms with Crippen LogP contribution in [0, 0.1) is 5.82 Å². The summed E-state index contributed by atoms with van der Waals surface area (Å²) in [5.74, 6) is -1.36. The van der Waals surface area contributed by atoms with Crippen LogP contribution in [-0.2, 0) is 11.3 Å². The molecule has 21 heavy (non-hydrogen) atoms. The third kappa shape index (κ3) is 3.56. The average Bonchev–Trinajstić information content (AvgIpc) is 2.88. The van der Waals surface area contributed by atoms with Crippen LogP contribution in [0.15, 0.2) is 30.6 Å². The SMILES string of the molecule is CNC(=O)Cn1cc(NC(=O)c2ccc(N)c(F)c2)cn1. The van der Waals surface area contributed by atoms with Gasteiger partial charge in [0.25, 0.3) is 5.91 Å². The first-order valence-corrected chi connectivity index (χ1v) is 6.09. The first-order chi connectivity index (χ1) is 9.99. The number of likely N-dealkylation sites (N-methyl/N-ethyl adjacent to an activating group) is 1. The molecule has 2 aromatic rings. The van der Waals surface area contributed by atoms with E-state index < -0.39 is 11.7 Å². The largest absolute Gasteiger partial charge is 0.396 e. The molecule has 1 aromatic carbocycles. The van der Waals surface area contributed by atoms with Crippen LogP contribution in [0.2, 0.25) is 0 Å². The van der Waals surface area contributed by atoms with E-state index >= 15 is 0 Å². The number of hydrogen-bond acceptors (Lipinski definition) is 4. The minimum atomic E-state index is -0.655. The number of nitrogens with one attached hydrogen (secondary N) is 2. The van der Waals surface area contributed by atoms with E-state index in [4.69, 9.17) is 5.73 Å². The summed E-state index contributed by atoms with van der Waals surface area (Å²) in [6.45, 7) is 0.0445. The molecule has 0 spiro atoms. The molecular formula is C13H14FN5O2. The highest BCUT2D eigenvalue weighted by atomic mass is 19.1. The zero-order valence-electron chi connectivity index (χ0n) is 11.3. The summed E-state index contributed by atoms with van der Waals surface area (Å²) in [7, 11) is 1.52. The number of halogens is 1. The highest BCUT2D eigenvalue weighted by molar-refractivity contribution is 6.04. The van der Waals surface area contributed by atoms with E-state index in [1.165, 1.54) is 36.3 Å². The third-order valence-electron chi connectivity index (χ3n) is 2.74. The molecule has 0 radical (unpaired) electrons. The second-order valence-corrected chi connectivity index (χ2v) is 4.29. The molecule has 2 amide bonds. The topological polar surface area (TPSA) is 102 Å². The fraction of sp³-hybridized carbons (Fsp3) is 0.154. The van der Waals surface area contributed by atoms with E-state index in [1.807, 2.05) is 0 Å². The van der Waals surface area contributed by atoms with Crippen molar-refractivity contribution in [2.45, 2.75) is 6.54 Å². The van der Waals surface area contributed by atoms with Gasteiger partial charge in [-0.25, -0.2) is 4.39 Å². The van der Waals surface area contributed by atoms with Gasteiger partial charge in [-0.05, 0) is 18.2 Å². The molecule has 110 valence electrons. The maximum absolute atomic E-state index is 13.3. The molecule has 0 fully saturated rings. The summed E-state index contributed by atoms with van der Waals surface area (Å²) in [6, 6.07) is 3.79. The molecule has 1 heterocycles. The Morgan fingerprint density at radius 1 is 1.43 bits per heavy atom. The molecule has 0 saturated heterocycles. The Morgan fingerprint density at radius 3 is 2.86 bits per heavy atom. The van der Waals surface area contributed by atoms with E-state index in [2.05, 4.69) is 15.7 Å². The molecule has 8 heteroatoms. The van der Waals surface area contributed by atoms with Gasteiger partial charge in [0, 0.05) is 18.8 Å². The number of anilines is 2. The normalized spacial score (nSPS) is 10.2. The molecule has 0 saturated carbocycles. The number of benzene rings is 1. The minimum Gasteiger partial charge on any atom is -0.396 e. The highest BCUT2D eigenvalue weighted by Crippen LogP contribution is 2.14. The molecule has 0 aliphatic carbocycles. The predicted molar refractivity (Wildman–Crippen MR) is 75.1 cm³/mol. The second kappa shape index (κ2) is 6.04. The Hall–Kier alpha value is -2.90. The van der Waals surface area contributed by atoms with Crippen LogP contribution in [0.3, 0.4) is 0 Å². The van der Waals surface area contributed by atoms with Crippen LogP contribution in [0.1, 0.15) is 10.4 Å². The van der Waals surface area contributed by atoms with Crippen molar-refractivity contribution in [1.82, 2.24) is 15.1 Å². The molecule has 7 nitrogen and oxygen atoms in total. The fourth-order valence-electron chi connectivity index (χ4n) is 1.61. The number of carbonyl (C=O) groups is 2. The summed E-state index contributed by atoms with van der Waals surface area (Å²) in [4.78, 5) is 23.1. The number of nitrogens with two attached hydrogens (primary N) is 1. The standard InChI is InChI=1S/C13H14FN5O2/c1-16-12(20)7-19-6-9(5-17-19)18-13(21)8-2-3-11(15)10(14)4-8/h2-6H,7,15H2,1H3,(H,16,20)(H,18,21). The van der Waals surface area contributed by atoms with Crippen molar-refractivity contribution in [3.63, 3.8) is 0 Å². The molecule has 0 aliphatic heterocycles. The number of carbonyl (C=O) groups excluding carboxylic acids is 2. The second-order valence-electron chi connectivity index (χ2n) is 4.29. The van der Waals surface area contributed by atoms with E-state index in [-0.39, 0.29) is 23.7 Å². The summed E-state index contributed by atoms with van der Waals surface area (Å²) < 4.78 is 14.7. The van der Waals surface area contributed by atoms with Gasteiger partial charge in [0.15, 0.2) is 0 Å².